The SMILES string of the molecule is CC(C)C(C)NC(=O)COc1cnccc1C(=O)O. The van der Waals surface area contributed by atoms with Crippen LogP contribution in [0.15, 0.2) is 18.5 Å². The molecule has 2 N–H and O–H groups in total. The summed E-state index contributed by atoms with van der Waals surface area (Å²) in [6.45, 7) is 5.66. The van der Waals surface area contributed by atoms with Crippen LogP contribution in [0.3, 0.4) is 0 Å². The molecule has 0 aliphatic heterocycles. The molecule has 104 valence electrons. The van der Waals surface area contributed by atoms with Gasteiger partial charge in [-0.15, -0.1) is 0 Å². The zero-order chi connectivity index (χ0) is 14.4. The number of rotatable bonds is 6. The fourth-order valence-corrected chi connectivity index (χ4v) is 1.28. The van der Waals surface area contributed by atoms with Crippen molar-refractivity contribution in [3.63, 3.8) is 0 Å². The zero-order valence-corrected chi connectivity index (χ0v) is 11.2. The van der Waals surface area contributed by atoms with E-state index in [4.69, 9.17) is 9.84 Å². The first kappa shape index (κ1) is 14.9. The number of carbonyl (C=O) groups is 2. The van der Waals surface area contributed by atoms with Gasteiger partial charge in [0.25, 0.3) is 5.91 Å². The summed E-state index contributed by atoms with van der Waals surface area (Å²) in [7, 11) is 0. The first-order chi connectivity index (χ1) is 8.91. The topological polar surface area (TPSA) is 88.5 Å². The number of aromatic carboxylic acids is 1. The van der Waals surface area contributed by atoms with Gasteiger partial charge >= 0.3 is 5.97 Å². The number of aromatic nitrogens is 1. The Morgan fingerprint density at radius 1 is 1.42 bits per heavy atom. The largest absolute Gasteiger partial charge is 0.481 e. The van der Waals surface area contributed by atoms with Crippen LogP contribution in [0, 0.1) is 5.92 Å². The average molecular weight is 266 g/mol. The lowest BCUT2D eigenvalue weighted by atomic mass is 10.1. The molecule has 0 aromatic carbocycles. The van der Waals surface area contributed by atoms with E-state index in [0.29, 0.717) is 5.92 Å². The Labute approximate surface area is 111 Å². The minimum Gasteiger partial charge on any atom is -0.481 e. The van der Waals surface area contributed by atoms with Crippen molar-refractivity contribution in [3.8, 4) is 5.75 Å². The minimum atomic E-state index is -1.12. The number of ether oxygens (including phenoxy) is 1. The summed E-state index contributed by atoms with van der Waals surface area (Å²) < 4.78 is 5.19. The second kappa shape index (κ2) is 6.72. The monoisotopic (exact) mass is 266 g/mol. The van der Waals surface area contributed by atoms with E-state index in [9.17, 15) is 9.59 Å². The van der Waals surface area contributed by atoms with E-state index in [2.05, 4.69) is 10.3 Å². The number of nitrogens with zero attached hydrogens (tertiary/aromatic N) is 1. The van der Waals surface area contributed by atoms with E-state index in [1.54, 1.807) is 0 Å². The number of carboxylic acids is 1. The molecule has 1 unspecified atom stereocenters. The van der Waals surface area contributed by atoms with Gasteiger partial charge in [-0.05, 0) is 18.9 Å². The summed E-state index contributed by atoms with van der Waals surface area (Å²) in [5.74, 6) is -1.01. The Hall–Kier alpha value is -2.11. The zero-order valence-electron chi connectivity index (χ0n) is 11.2. The molecule has 1 atom stereocenters. The molecule has 6 nitrogen and oxygen atoms in total. The number of nitrogens with one attached hydrogen (secondary N) is 1. The number of carbonyl (C=O) groups excluding carboxylic acids is 1. The Morgan fingerprint density at radius 2 is 2.11 bits per heavy atom. The molecule has 1 heterocycles. The fourth-order valence-electron chi connectivity index (χ4n) is 1.28. The van der Waals surface area contributed by atoms with Crippen molar-refractivity contribution >= 4 is 11.9 Å². The number of hydrogen-bond acceptors (Lipinski definition) is 4. The first-order valence-corrected chi connectivity index (χ1v) is 6.01. The molecule has 0 fully saturated rings. The third-order valence-corrected chi connectivity index (χ3v) is 2.76. The van der Waals surface area contributed by atoms with Crippen LogP contribution in [-0.4, -0.2) is 34.6 Å². The van der Waals surface area contributed by atoms with Crippen molar-refractivity contribution in [2.45, 2.75) is 26.8 Å². The third-order valence-electron chi connectivity index (χ3n) is 2.76. The average Bonchev–Trinajstić information content (AvgIpc) is 2.36. The lowest BCUT2D eigenvalue weighted by Gasteiger charge is -2.17. The highest BCUT2D eigenvalue weighted by molar-refractivity contribution is 5.90. The molecule has 0 saturated heterocycles. The van der Waals surface area contributed by atoms with E-state index >= 15 is 0 Å². The number of hydrogen-bond donors (Lipinski definition) is 2. The molecule has 6 heteroatoms. The van der Waals surface area contributed by atoms with Crippen LogP contribution in [0.25, 0.3) is 0 Å². The predicted octanol–water partition coefficient (Wildman–Crippen LogP) is 1.32. The van der Waals surface area contributed by atoms with Crippen LogP contribution in [-0.2, 0) is 4.79 Å². The van der Waals surface area contributed by atoms with Crippen molar-refractivity contribution in [2.75, 3.05) is 6.61 Å². The number of pyridine rings is 1. The highest BCUT2D eigenvalue weighted by atomic mass is 16.5. The van der Waals surface area contributed by atoms with Gasteiger partial charge in [-0.25, -0.2) is 4.79 Å². The molecular weight excluding hydrogens is 248 g/mol. The molecule has 0 aliphatic rings. The molecule has 1 aromatic heterocycles. The number of amides is 1. The molecule has 1 aromatic rings. The maximum Gasteiger partial charge on any atom is 0.339 e. The number of carboxylic acid groups (broad SMARTS) is 1. The van der Waals surface area contributed by atoms with E-state index in [0.717, 1.165) is 0 Å². The standard InChI is InChI=1S/C13H18N2O4/c1-8(2)9(3)15-12(16)7-19-11-6-14-5-4-10(11)13(17)18/h4-6,8-9H,7H2,1-3H3,(H,15,16)(H,17,18). The summed E-state index contributed by atoms with van der Waals surface area (Å²) in [6, 6.07) is 1.36. The molecule has 0 aliphatic carbocycles. The van der Waals surface area contributed by atoms with Crippen LogP contribution in [0.2, 0.25) is 0 Å². The van der Waals surface area contributed by atoms with Crippen LogP contribution in [0.5, 0.6) is 5.75 Å². The van der Waals surface area contributed by atoms with Crippen molar-refractivity contribution in [2.24, 2.45) is 5.92 Å². The Balaban J connectivity index is 2.58. The van der Waals surface area contributed by atoms with Gasteiger partial charge in [0, 0.05) is 12.2 Å². The second-order valence-electron chi connectivity index (χ2n) is 4.57. The van der Waals surface area contributed by atoms with Gasteiger partial charge in [-0.3, -0.25) is 9.78 Å². The minimum absolute atomic E-state index is 0.0142. The van der Waals surface area contributed by atoms with E-state index in [1.165, 1.54) is 18.5 Å². The smallest absolute Gasteiger partial charge is 0.339 e. The van der Waals surface area contributed by atoms with E-state index in [1.807, 2.05) is 20.8 Å². The van der Waals surface area contributed by atoms with Crippen LogP contribution < -0.4 is 10.1 Å². The Kier molecular flexibility index (Phi) is 5.29. The van der Waals surface area contributed by atoms with E-state index in [-0.39, 0.29) is 29.9 Å². The molecule has 0 spiro atoms. The predicted molar refractivity (Wildman–Crippen MR) is 69.1 cm³/mol. The summed E-state index contributed by atoms with van der Waals surface area (Å²) in [5.41, 5.74) is -0.0142. The quantitative estimate of drug-likeness (QED) is 0.810. The Bertz CT molecular complexity index is 460. The van der Waals surface area contributed by atoms with Gasteiger partial charge in [0.05, 0.1) is 6.20 Å². The maximum atomic E-state index is 11.6. The highest BCUT2D eigenvalue weighted by Gasteiger charge is 2.14. The fraction of sp³-hybridized carbons (Fsp3) is 0.462. The molecule has 0 radical (unpaired) electrons. The van der Waals surface area contributed by atoms with Gasteiger partial charge in [-0.1, -0.05) is 13.8 Å². The molecule has 1 amide bonds. The van der Waals surface area contributed by atoms with Gasteiger partial charge in [0.2, 0.25) is 0 Å². The van der Waals surface area contributed by atoms with Crippen LogP contribution in [0.4, 0.5) is 0 Å². The highest BCUT2D eigenvalue weighted by Crippen LogP contribution is 2.15. The summed E-state index contributed by atoms with van der Waals surface area (Å²) in [6.07, 6.45) is 2.64. The Morgan fingerprint density at radius 3 is 2.68 bits per heavy atom. The second-order valence-corrected chi connectivity index (χ2v) is 4.57. The third kappa shape index (κ3) is 4.57. The molecule has 0 saturated carbocycles. The van der Waals surface area contributed by atoms with Crippen molar-refractivity contribution < 1.29 is 19.4 Å². The van der Waals surface area contributed by atoms with Gasteiger partial charge in [0.1, 0.15) is 5.56 Å². The van der Waals surface area contributed by atoms with Crippen molar-refractivity contribution in [1.82, 2.24) is 10.3 Å². The molecule has 0 bridgehead atoms. The lowest BCUT2D eigenvalue weighted by Crippen LogP contribution is -2.39. The van der Waals surface area contributed by atoms with Gasteiger partial charge < -0.3 is 15.2 Å². The van der Waals surface area contributed by atoms with Gasteiger partial charge in [0.15, 0.2) is 12.4 Å². The molecule has 1 rings (SSSR count). The normalized spacial score (nSPS) is 12.0. The van der Waals surface area contributed by atoms with Crippen LogP contribution >= 0.6 is 0 Å². The summed E-state index contributed by atoms with van der Waals surface area (Å²) >= 11 is 0. The van der Waals surface area contributed by atoms with Gasteiger partial charge in [-0.2, -0.15) is 0 Å². The van der Waals surface area contributed by atoms with E-state index < -0.39 is 5.97 Å². The van der Waals surface area contributed by atoms with Crippen LogP contribution in [0.1, 0.15) is 31.1 Å². The van der Waals surface area contributed by atoms with Crippen molar-refractivity contribution in [1.29, 1.82) is 0 Å². The molecule has 19 heavy (non-hydrogen) atoms. The van der Waals surface area contributed by atoms with Crippen molar-refractivity contribution in [3.05, 3.63) is 24.0 Å². The summed E-state index contributed by atoms with van der Waals surface area (Å²) in [4.78, 5) is 26.3. The summed E-state index contributed by atoms with van der Waals surface area (Å²) in [5, 5.41) is 11.7. The lowest BCUT2D eigenvalue weighted by molar-refractivity contribution is -0.124. The first-order valence-electron chi connectivity index (χ1n) is 6.01. The molecular formula is C13H18N2O4. The maximum absolute atomic E-state index is 11.6.